The van der Waals surface area contributed by atoms with Crippen LogP contribution >= 0.6 is 12.4 Å². The second kappa shape index (κ2) is 51.5. The fourth-order valence-electron chi connectivity index (χ4n) is 11.3. The summed E-state index contributed by atoms with van der Waals surface area (Å²) < 4.78 is 83.4. The first kappa shape index (κ1) is 97.9. The van der Waals surface area contributed by atoms with E-state index in [4.69, 9.17) is 52.5 Å². The number of rotatable bonds is 29. The molecule has 0 radical (unpaired) electrons. The molecular weight excluding hydrogens is 1660 g/mol. The number of phenolic OH excluding ortho intramolecular Hbond substituents is 3. The van der Waals surface area contributed by atoms with E-state index in [1.54, 1.807) is 97.1 Å². The van der Waals surface area contributed by atoms with Crippen LogP contribution < -0.4 is 99.9 Å². The molecule has 0 aliphatic rings. The van der Waals surface area contributed by atoms with Crippen LogP contribution in [0, 0.1) is 11.6 Å². The van der Waals surface area contributed by atoms with Gasteiger partial charge in [0.2, 0.25) is 0 Å². The van der Waals surface area contributed by atoms with E-state index in [1.165, 1.54) is 53.6 Å². The van der Waals surface area contributed by atoms with Crippen LogP contribution in [0.4, 0.5) is 8.78 Å². The Bertz CT molecular complexity index is 4890. The Morgan fingerprint density at radius 2 is 0.395 bits per heavy atom. The van der Waals surface area contributed by atoms with Crippen LogP contribution in [0.15, 0.2) is 402 Å². The summed E-state index contributed by atoms with van der Waals surface area (Å²) in [7, 11) is -0.986. The molecule has 13 nitrogen and oxygen atoms in total. The Hall–Kier alpha value is -9.97. The van der Waals surface area contributed by atoms with Gasteiger partial charge in [0.15, 0.2) is 62.9 Å². The SMILES string of the molecule is CCOC(C)Oc1ccc(O)cc1.CCOC(C)Oc1ccc(Oc2ccc([S+](c3ccccc3)c3ccc(Oc4ccc(OC(C)OCC)cc4)cc3)cc2)cc1.Cl.Fc1ccc([S+](c2ccccc2)c2ccc(F)cc2)cc1.Oc1ccc(Oc2ccc([S+](c3ccccc3)c3ccc(Oc4ccc(O)cc4)cc3)cc2)cc1.[Cl-].[Cl-].[Cl-].[H-].[Na+]. The van der Waals surface area contributed by atoms with Gasteiger partial charge in [0.25, 0.3) is 0 Å². The van der Waals surface area contributed by atoms with Crippen molar-refractivity contribution in [1.82, 2.24) is 0 Å². The summed E-state index contributed by atoms with van der Waals surface area (Å²) >= 11 is 0. The molecule has 14 aromatic carbocycles. The van der Waals surface area contributed by atoms with E-state index in [1.807, 2.05) is 181 Å². The van der Waals surface area contributed by atoms with Gasteiger partial charge in [0.1, 0.15) is 92.1 Å². The van der Waals surface area contributed by atoms with Crippen LogP contribution in [0.3, 0.4) is 0 Å². The smallest absolute Gasteiger partial charge is 1.00 e. The van der Waals surface area contributed by atoms with E-state index in [9.17, 15) is 19.0 Å². The molecule has 3 unspecified atom stereocenters. The van der Waals surface area contributed by atoms with Gasteiger partial charge in [-0.15, -0.1) is 12.4 Å². The molecule has 0 bridgehead atoms. The molecule has 0 aliphatic carbocycles. The number of phenols is 3. The van der Waals surface area contributed by atoms with E-state index in [2.05, 4.69) is 97.1 Å². The Morgan fingerprint density at radius 1 is 0.244 bits per heavy atom. The third-order valence-electron chi connectivity index (χ3n) is 16.5. The van der Waals surface area contributed by atoms with Crippen molar-refractivity contribution in [2.45, 2.75) is 104 Å². The average molecular weight is 1750 g/mol. The fourth-order valence-corrected chi connectivity index (χ4v) is 17.4. The van der Waals surface area contributed by atoms with Gasteiger partial charge in [-0.3, -0.25) is 0 Å². The average Bonchev–Trinajstić information content (AvgIpc) is 0.805. The first-order chi connectivity index (χ1) is 55.6. The topological polar surface area (TPSA) is 153 Å². The van der Waals surface area contributed by atoms with Crippen molar-refractivity contribution < 1.29 is 140 Å². The van der Waals surface area contributed by atoms with Gasteiger partial charge in [-0.2, -0.15) is 0 Å². The van der Waals surface area contributed by atoms with Crippen LogP contribution in [-0.2, 0) is 46.9 Å². The zero-order valence-corrected chi connectivity index (χ0v) is 73.9. The minimum Gasteiger partial charge on any atom is -1.00 e. The molecule has 0 heterocycles. The molecule has 3 atom stereocenters. The van der Waals surface area contributed by atoms with E-state index in [0.29, 0.717) is 37.1 Å². The van der Waals surface area contributed by atoms with Crippen molar-refractivity contribution in [2.75, 3.05) is 19.8 Å². The Kier molecular flexibility index (Phi) is 42.3. The van der Waals surface area contributed by atoms with Gasteiger partial charge >= 0.3 is 29.6 Å². The molecule has 14 aromatic rings. The summed E-state index contributed by atoms with van der Waals surface area (Å²) in [5, 5.41) is 27.9. The van der Waals surface area contributed by atoms with E-state index >= 15 is 0 Å². The summed E-state index contributed by atoms with van der Waals surface area (Å²) in [5.41, 5.74) is 0. The Morgan fingerprint density at radius 3 is 0.588 bits per heavy atom. The third-order valence-corrected chi connectivity index (χ3v) is 23.2. The molecule has 3 N–H and O–H groups in total. The third kappa shape index (κ3) is 31.3. The number of aromatic hydroxyl groups is 3. The van der Waals surface area contributed by atoms with Gasteiger partial charge in [-0.1, -0.05) is 54.6 Å². The van der Waals surface area contributed by atoms with Crippen molar-refractivity contribution in [3.05, 3.63) is 370 Å². The molecule has 14 rings (SSSR count). The van der Waals surface area contributed by atoms with Gasteiger partial charge < -0.3 is 101 Å². The van der Waals surface area contributed by atoms with Crippen molar-refractivity contribution in [1.29, 1.82) is 0 Å². The monoisotopic (exact) mass is 1750 g/mol. The van der Waals surface area contributed by atoms with E-state index < -0.39 is 0 Å². The molecular formula is C96H91Cl4F2NaO13S3. The van der Waals surface area contributed by atoms with Crippen molar-refractivity contribution in [2.24, 2.45) is 0 Å². The normalized spacial score (nSPS) is 11.3. The van der Waals surface area contributed by atoms with Crippen molar-refractivity contribution in [3.63, 3.8) is 0 Å². The molecule has 0 saturated carbocycles. The quantitative estimate of drug-likeness (QED) is 0.0232. The first-order valence-electron chi connectivity index (χ1n) is 37.0. The first-order valence-corrected chi connectivity index (χ1v) is 40.7. The minimum atomic E-state index is -0.365. The summed E-state index contributed by atoms with van der Waals surface area (Å²) in [6.45, 7) is 13.2. The predicted molar refractivity (Wildman–Crippen MR) is 455 cm³/mol. The van der Waals surface area contributed by atoms with Crippen LogP contribution in [0.2, 0.25) is 0 Å². The van der Waals surface area contributed by atoms with Crippen molar-refractivity contribution in [3.8, 4) is 80.5 Å². The summed E-state index contributed by atoms with van der Waals surface area (Å²) in [6, 6.07) is 112. The molecule has 0 aliphatic heterocycles. The number of hydrogen-bond acceptors (Lipinski definition) is 13. The van der Waals surface area contributed by atoms with E-state index in [-0.39, 0.29) is 161 Å². The molecule has 119 heavy (non-hydrogen) atoms. The van der Waals surface area contributed by atoms with Crippen molar-refractivity contribution >= 4 is 45.1 Å². The maximum Gasteiger partial charge on any atom is 1.00 e. The maximum absolute atomic E-state index is 13.2. The molecule has 23 heteroatoms. The molecule has 0 spiro atoms. The van der Waals surface area contributed by atoms with Gasteiger partial charge in [-0.05, 0) is 345 Å². The Balaban J connectivity index is 0.000000303. The van der Waals surface area contributed by atoms with E-state index in [0.717, 1.165) is 60.7 Å². The summed E-state index contributed by atoms with van der Waals surface area (Å²) in [5.74, 6) is 8.09. The zero-order chi connectivity index (χ0) is 79.8. The van der Waals surface area contributed by atoms with Crippen LogP contribution in [0.25, 0.3) is 0 Å². The zero-order valence-electron chi connectivity index (χ0n) is 67.4. The number of benzene rings is 14. The number of ether oxygens (including phenoxy) is 10. The predicted octanol–water partition coefficient (Wildman–Crippen LogP) is 13.4. The summed E-state index contributed by atoms with van der Waals surface area (Å²) in [6.07, 6.45) is -0.858. The Labute approximate surface area is 752 Å². The largest absolute Gasteiger partial charge is 1.00 e. The molecule has 0 saturated heterocycles. The van der Waals surface area contributed by atoms with Crippen LogP contribution in [-0.4, -0.2) is 54.0 Å². The van der Waals surface area contributed by atoms with Crippen LogP contribution in [0.5, 0.6) is 80.5 Å². The summed E-state index contributed by atoms with van der Waals surface area (Å²) in [4.78, 5) is 10.3. The second-order valence-corrected chi connectivity index (χ2v) is 31.0. The second-order valence-electron chi connectivity index (χ2n) is 24.9. The van der Waals surface area contributed by atoms with Gasteiger partial charge in [-0.25, -0.2) is 8.78 Å². The number of hydrogen-bond donors (Lipinski definition) is 3. The molecule has 0 fully saturated rings. The molecule has 614 valence electrons. The molecule has 0 amide bonds. The number of halogens is 6. The maximum atomic E-state index is 13.2. The minimum absolute atomic E-state index is 0. The van der Waals surface area contributed by atoms with Gasteiger partial charge in [0, 0.05) is 19.8 Å². The van der Waals surface area contributed by atoms with Gasteiger partial charge in [0.05, 0.1) is 32.7 Å². The van der Waals surface area contributed by atoms with Crippen LogP contribution in [0.1, 0.15) is 43.0 Å². The standard InChI is InChI=1S/C38H39O6S.C30H22O4S.C18H13F2S.C10H14O3.4ClH.Na.H/c1-5-39-28(3)41-30-12-16-32(17-13-30)43-34-20-24-37(25-21-34)45(36-10-8-7-9-11-36)38-26-22-35(23-27-38)44-33-18-14-31(15-19-33)42-29(4)40-6-2;31-22-6-10-24(11-7-22)33-26-14-18-29(19-15-26)35(28-4-2-1-3-5-28)30-20-16-27(17-21-30)34-25-12-8-23(32)9-13-25;19-14-6-10-17(11-7-14)21(16-4-2-1-3-5-16)18-12-8-15(20)9-13-18;1-3-12-8(2)13-10-6-4-9(11)5-7-10;;;;;;/h7-29H,5-6H2,1-4H3;1-21H,(H-,31,32);1-13H;4-8,11H,3H2,1-2H3;4*1H;;/q+1;;+1;;;;;;+1;-1/p-2. The fraction of sp³-hybridized carbons (Fsp3) is 0.125. The molecule has 0 aromatic heterocycles.